The molecule has 0 amide bonds. The minimum Gasteiger partial charge on any atom is -0.756 e. The standard InChI is InChI=1S/Na.H4O7P2.H2O4S/c;1-8(2,3)7-9(4,5)6;1-5(2,3)4/h;(H2,1,2,3)(H2,4,5,6);(H2,1,2,3,4)/q+1;;/p-1. The van der Waals surface area contributed by atoms with Gasteiger partial charge in [-0.2, -0.15) is 8.42 Å². The summed E-state index contributed by atoms with van der Waals surface area (Å²) in [5.74, 6) is 0. The van der Waals surface area contributed by atoms with Crippen molar-refractivity contribution in [3.8, 4) is 0 Å². The van der Waals surface area contributed by atoms with Crippen LogP contribution in [0.15, 0.2) is 0 Å². The number of hydrogen-bond donors (Lipinski definition) is 5. The normalized spacial score (nSPS) is 15.3. The smallest absolute Gasteiger partial charge is 0.756 e. The molecule has 0 aliphatic heterocycles. The fourth-order valence-corrected chi connectivity index (χ4v) is 1.21. The maximum absolute atomic E-state index is 9.59. The summed E-state index contributed by atoms with van der Waals surface area (Å²) in [7, 11) is -15.1. The van der Waals surface area contributed by atoms with E-state index in [0.717, 1.165) is 0 Å². The quantitative estimate of drug-likeness (QED) is 0.185. The van der Waals surface area contributed by atoms with Crippen LogP contribution in [0.25, 0.3) is 0 Å². The topological polar surface area (TPSA) is 202 Å². The molecule has 0 aromatic carbocycles. The Balaban J connectivity index is -0.000000208. The first-order chi connectivity index (χ1) is 5.71. The fraction of sp³-hybridized carbons (Fsp3) is 0. The Kier molecular flexibility index (Phi) is 10.6. The van der Waals surface area contributed by atoms with Crippen LogP contribution in [0.5, 0.6) is 0 Å². The molecule has 0 saturated heterocycles. The predicted molar refractivity (Wildman–Crippen MR) is 37.1 cm³/mol. The van der Waals surface area contributed by atoms with Gasteiger partial charge in [0, 0.05) is 0 Å². The summed E-state index contributed by atoms with van der Waals surface area (Å²) in [5.41, 5.74) is 0. The molecule has 88 valence electrons. The summed E-state index contributed by atoms with van der Waals surface area (Å²) in [6.07, 6.45) is 0. The van der Waals surface area contributed by atoms with Crippen molar-refractivity contribution in [1.29, 1.82) is 0 Å². The van der Waals surface area contributed by atoms with Crippen molar-refractivity contribution in [2.24, 2.45) is 0 Å². The number of hydrogen-bond acceptors (Lipinski definition) is 6. The summed E-state index contributed by atoms with van der Waals surface area (Å²) < 4.78 is 53.5. The van der Waals surface area contributed by atoms with Crippen molar-refractivity contribution >= 4 is 26.0 Å². The van der Waals surface area contributed by atoms with Gasteiger partial charge in [0.2, 0.25) is 0 Å². The van der Waals surface area contributed by atoms with Gasteiger partial charge in [0.25, 0.3) is 7.82 Å². The molecular formula is H5NaO11P2S. The first kappa shape index (κ1) is 21.4. The average Bonchev–Trinajstić information content (AvgIpc) is 1.42. The minimum atomic E-state index is -5.30. The zero-order valence-corrected chi connectivity index (χ0v) is 11.6. The van der Waals surface area contributed by atoms with E-state index in [1.54, 1.807) is 0 Å². The molecule has 0 aromatic heterocycles. The van der Waals surface area contributed by atoms with Crippen LogP contribution in [0.4, 0.5) is 0 Å². The third kappa shape index (κ3) is 51.3. The van der Waals surface area contributed by atoms with Crippen molar-refractivity contribution in [2.75, 3.05) is 0 Å². The van der Waals surface area contributed by atoms with Crippen LogP contribution in [0, 0.1) is 0 Å². The van der Waals surface area contributed by atoms with E-state index in [4.69, 9.17) is 32.2 Å². The monoisotopic (exact) mass is 298 g/mol. The molecule has 15 heavy (non-hydrogen) atoms. The molecule has 0 heterocycles. The molecular weight excluding hydrogens is 293 g/mol. The molecule has 0 saturated carbocycles. The molecule has 15 heteroatoms. The molecule has 5 N–H and O–H groups in total. The fourth-order valence-electron chi connectivity index (χ4n) is 0.134. The van der Waals surface area contributed by atoms with Gasteiger partial charge in [-0.1, -0.05) is 0 Å². The molecule has 0 radical (unpaired) electrons. The van der Waals surface area contributed by atoms with Crippen molar-refractivity contribution in [1.82, 2.24) is 0 Å². The van der Waals surface area contributed by atoms with E-state index >= 15 is 0 Å². The van der Waals surface area contributed by atoms with E-state index in [-0.39, 0.29) is 29.6 Å². The Morgan fingerprint density at radius 3 is 1.27 bits per heavy atom. The summed E-state index contributed by atoms with van der Waals surface area (Å²) in [6.45, 7) is 0. The predicted octanol–water partition coefficient (Wildman–Crippen LogP) is -5.09. The van der Waals surface area contributed by atoms with E-state index < -0.39 is 26.0 Å². The van der Waals surface area contributed by atoms with Gasteiger partial charge in [-0.25, -0.2) is 8.88 Å². The van der Waals surface area contributed by atoms with Crippen LogP contribution in [-0.2, 0) is 23.8 Å². The van der Waals surface area contributed by atoms with Gasteiger partial charge in [-0.3, -0.25) is 13.7 Å². The third-order valence-corrected chi connectivity index (χ3v) is 1.89. The maximum Gasteiger partial charge on any atom is 1.00 e. The summed E-state index contributed by atoms with van der Waals surface area (Å²) in [5, 5.41) is 0. The Hall–Kier alpha value is 1.13. The van der Waals surface area contributed by atoms with Gasteiger partial charge in [-0.05, 0) is 0 Å². The largest absolute Gasteiger partial charge is 1.00 e. The van der Waals surface area contributed by atoms with Crippen LogP contribution in [-0.4, -0.2) is 32.2 Å². The van der Waals surface area contributed by atoms with E-state index in [1.165, 1.54) is 0 Å². The van der Waals surface area contributed by atoms with Gasteiger partial charge in [0.05, 0.1) is 0 Å². The van der Waals surface area contributed by atoms with Crippen LogP contribution >= 0.6 is 15.6 Å². The van der Waals surface area contributed by atoms with E-state index in [9.17, 15) is 14.0 Å². The second kappa shape index (κ2) is 7.45. The number of rotatable bonds is 2. The van der Waals surface area contributed by atoms with Crippen LogP contribution in [0.2, 0.25) is 0 Å². The number of phosphoric acid groups is 2. The summed E-state index contributed by atoms with van der Waals surface area (Å²) in [4.78, 5) is 32.6. The van der Waals surface area contributed by atoms with Crippen LogP contribution in [0.3, 0.4) is 0 Å². The van der Waals surface area contributed by atoms with Gasteiger partial charge in [0.1, 0.15) is 0 Å². The van der Waals surface area contributed by atoms with Crippen LogP contribution in [0.1, 0.15) is 0 Å². The van der Waals surface area contributed by atoms with Gasteiger partial charge >= 0.3 is 47.8 Å². The zero-order chi connectivity index (χ0) is 12.2. The Morgan fingerprint density at radius 1 is 1.07 bits per heavy atom. The van der Waals surface area contributed by atoms with Crippen molar-refractivity contribution in [3.05, 3.63) is 0 Å². The molecule has 0 aliphatic carbocycles. The molecule has 0 spiro atoms. The van der Waals surface area contributed by atoms with Gasteiger partial charge < -0.3 is 19.6 Å². The first-order valence-electron chi connectivity index (χ1n) is 2.21. The average molecular weight is 298 g/mol. The Labute approximate surface area is 106 Å². The van der Waals surface area contributed by atoms with Crippen molar-refractivity contribution < 1.29 is 80.1 Å². The van der Waals surface area contributed by atoms with Gasteiger partial charge in [-0.15, -0.1) is 0 Å². The second-order valence-electron chi connectivity index (χ2n) is 1.49. The Bertz CT molecular complexity index is 313. The molecule has 11 nitrogen and oxygen atoms in total. The van der Waals surface area contributed by atoms with Gasteiger partial charge in [0.15, 0.2) is 0 Å². The molecule has 1 unspecified atom stereocenters. The molecule has 1 atom stereocenters. The SMILES string of the molecule is O=P([O-])(O)OP(=O)(O)O.O=S(=O)(O)O.[Na+]. The molecule has 0 bridgehead atoms. The van der Waals surface area contributed by atoms with E-state index in [0.29, 0.717) is 0 Å². The molecule has 0 aliphatic rings. The maximum atomic E-state index is 9.59. The van der Waals surface area contributed by atoms with E-state index in [2.05, 4.69) is 4.31 Å². The minimum absolute atomic E-state index is 0. The molecule has 0 fully saturated rings. The van der Waals surface area contributed by atoms with E-state index in [1.807, 2.05) is 0 Å². The molecule has 0 aromatic rings. The van der Waals surface area contributed by atoms with Crippen LogP contribution < -0.4 is 34.5 Å². The first-order valence-corrected chi connectivity index (χ1v) is 6.63. The summed E-state index contributed by atoms with van der Waals surface area (Å²) >= 11 is 0. The second-order valence-corrected chi connectivity index (χ2v) is 4.96. The third-order valence-electron chi connectivity index (χ3n) is 0.210. The molecule has 0 rings (SSSR count). The Morgan fingerprint density at radius 2 is 1.27 bits per heavy atom. The zero-order valence-electron chi connectivity index (χ0n) is 6.99. The van der Waals surface area contributed by atoms with Crippen molar-refractivity contribution in [2.45, 2.75) is 0 Å². The van der Waals surface area contributed by atoms with Crippen molar-refractivity contribution in [3.63, 3.8) is 0 Å². The summed E-state index contributed by atoms with van der Waals surface area (Å²) in [6, 6.07) is 0.